The largest absolute Gasteiger partial charge is 0.389 e. The molecule has 0 spiro atoms. The van der Waals surface area contributed by atoms with E-state index in [2.05, 4.69) is 4.90 Å². The molecule has 1 fully saturated rings. The smallest absolute Gasteiger partial charge is 0.126 e. The van der Waals surface area contributed by atoms with Crippen molar-refractivity contribution in [3.63, 3.8) is 0 Å². The number of rotatable bonds is 3. The topological polar surface area (TPSA) is 23.5 Å². The van der Waals surface area contributed by atoms with E-state index < -0.39 is 6.10 Å². The van der Waals surface area contributed by atoms with Crippen molar-refractivity contribution in [3.05, 3.63) is 29.1 Å². The summed E-state index contributed by atoms with van der Waals surface area (Å²) in [4.78, 5) is 2.15. The molecule has 0 heterocycles. The van der Waals surface area contributed by atoms with Crippen LogP contribution in [0.25, 0.3) is 0 Å². The molecule has 1 saturated carbocycles. The van der Waals surface area contributed by atoms with Gasteiger partial charge in [-0.1, -0.05) is 0 Å². The lowest BCUT2D eigenvalue weighted by Gasteiger charge is -2.24. The quantitative estimate of drug-likeness (QED) is 0.851. The van der Waals surface area contributed by atoms with Crippen LogP contribution in [-0.2, 0) is 0 Å². The molecule has 1 aliphatic rings. The summed E-state index contributed by atoms with van der Waals surface area (Å²) in [5.41, 5.74) is 2.26. The maximum atomic E-state index is 13.5. The molecular formula is C13H18FNO. The van der Waals surface area contributed by atoms with Gasteiger partial charge in [-0.2, -0.15) is 0 Å². The van der Waals surface area contributed by atoms with Crippen LogP contribution in [0.15, 0.2) is 12.1 Å². The van der Waals surface area contributed by atoms with Crippen LogP contribution < -0.4 is 4.90 Å². The van der Waals surface area contributed by atoms with Crippen molar-refractivity contribution in [2.75, 3.05) is 11.9 Å². The maximum absolute atomic E-state index is 13.5. The molecule has 88 valence electrons. The van der Waals surface area contributed by atoms with Gasteiger partial charge in [0.15, 0.2) is 0 Å². The standard InChI is InChI=1S/C13H18FNO/c1-8-6-13(15(3)10-4-5-10)11(9(2)16)7-12(8)14/h6-7,9-10,16H,4-5H2,1-3H3/t9-/m0/s1. The summed E-state index contributed by atoms with van der Waals surface area (Å²) in [6, 6.07) is 3.84. The average Bonchev–Trinajstić information content (AvgIpc) is 3.03. The Bertz CT molecular complexity index is 399. The number of hydrogen-bond donors (Lipinski definition) is 1. The normalized spacial score (nSPS) is 17.3. The highest BCUT2D eigenvalue weighted by Crippen LogP contribution is 2.35. The molecule has 16 heavy (non-hydrogen) atoms. The van der Waals surface area contributed by atoms with Gasteiger partial charge in [0.2, 0.25) is 0 Å². The van der Waals surface area contributed by atoms with Gasteiger partial charge in [0.25, 0.3) is 0 Å². The van der Waals surface area contributed by atoms with E-state index in [1.54, 1.807) is 13.8 Å². The Morgan fingerprint density at radius 1 is 1.44 bits per heavy atom. The van der Waals surface area contributed by atoms with Crippen molar-refractivity contribution in [1.29, 1.82) is 0 Å². The third-order valence-electron chi connectivity index (χ3n) is 3.23. The van der Waals surface area contributed by atoms with Gasteiger partial charge < -0.3 is 10.0 Å². The minimum Gasteiger partial charge on any atom is -0.389 e. The molecule has 1 aliphatic carbocycles. The number of anilines is 1. The first-order valence-corrected chi connectivity index (χ1v) is 5.71. The number of benzene rings is 1. The van der Waals surface area contributed by atoms with Crippen molar-refractivity contribution < 1.29 is 9.50 Å². The summed E-state index contributed by atoms with van der Waals surface area (Å²) >= 11 is 0. The molecule has 2 nitrogen and oxygen atoms in total. The summed E-state index contributed by atoms with van der Waals surface area (Å²) in [5, 5.41) is 9.68. The number of nitrogens with zero attached hydrogens (tertiary/aromatic N) is 1. The third-order valence-corrected chi connectivity index (χ3v) is 3.23. The molecule has 1 aromatic rings. The Hall–Kier alpha value is -1.09. The number of hydrogen-bond acceptors (Lipinski definition) is 2. The molecule has 0 radical (unpaired) electrons. The molecule has 0 unspecified atom stereocenters. The van der Waals surface area contributed by atoms with Crippen molar-refractivity contribution in [1.82, 2.24) is 0 Å². The Labute approximate surface area is 95.7 Å². The zero-order valence-corrected chi connectivity index (χ0v) is 10.00. The summed E-state index contributed by atoms with van der Waals surface area (Å²) in [5.74, 6) is -0.246. The molecule has 1 aromatic carbocycles. The highest BCUT2D eigenvalue weighted by molar-refractivity contribution is 5.57. The van der Waals surface area contributed by atoms with E-state index in [1.165, 1.54) is 18.9 Å². The number of halogens is 1. The first-order chi connectivity index (χ1) is 7.50. The minimum absolute atomic E-state index is 0.246. The number of aliphatic hydroxyl groups excluding tert-OH is 1. The molecule has 1 atom stereocenters. The second kappa shape index (κ2) is 4.06. The van der Waals surface area contributed by atoms with Crippen molar-refractivity contribution in [2.24, 2.45) is 0 Å². The zero-order chi connectivity index (χ0) is 11.9. The third kappa shape index (κ3) is 2.05. The maximum Gasteiger partial charge on any atom is 0.126 e. The van der Waals surface area contributed by atoms with E-state index in [0.29, 0.717) is 17.2 Å². The lowest BCUT2D eigenvalue weighted by atomic mass is 10.0. The summed E-state index contributed by atoms with van der Waals surface area (Å²) in [6.07, 6.45) is 1.74. The van der Waals surface area contributed by atoms with Crippen LogP contribution in [0.1, 0.15) is 37.0 Å². The fraction of sp³-hybridized carbons (Fsp3) is 0.538. The lowest BCUT2D eigenvalue weighted by Crippen LogP contribution is -2.21. The molecule has 0 amide bonds. The van der Waals surface area contributed by atoms with Crippen LogP contribution in [0.3, 0.4) is 0 Å². The fourth-order valence-electron chi connectivity index (χ4n) is 1.98. The zero-order valence-electron chi connectivity index (χ0n) is 10.00. The van der Waals surface area contributed by atoms with E-state index >= 15 is 0 Å². The van der Waals surface area contributed by atoms with Gasteiger partial charge in [0.05, 0.1) is 6.10 Å². The second-order valence-corrected chi connectivity index (χ2v) is 4.68. The molecule has 1 N–H and O–H groups in total. The van der Waals surface area contributed by atoms with Crippen LogP contribution in [0, 0.1) is 12.7 Å². The van der Waals surface area contributed by atoms with Crippen LogP contribution in [-0.4, -0.2) is 18.2 Å². The van der Waals surface area contributed by atoms with Crippen molar-refractivity contribution in [3.8, 4) is 0 Å². The molecular weight excluding hydrogens is 205 g/mol. The predicted molar refractivity (Wildman–Crippen MR) is 63.2 cm³/mol. The highest BCUT2D eigenvalue weighted by atomic mass is 19.1. The Kier molecular flexibility index (Phi) is 2.89. The predicted octanol–water partition coefficient (Wildman–Crippen LogP) is 2.79. The minimum atomic E-state index is -0.633. The molecule has 0 saturated heterocycles. The summed E-state index contributed by atoms with van der Waals surface area (Å²) < 4.78 is 13.5. The first-order valence-electron chi connectivity index (χ1n) is 5.71. The van der Waals surface area contributed by atoms with E-state index in [4.69, 9.17) is 0 Å². The lowest BCUT2D eigenvalue weighted by molar-refractivity contribution is 0.199. The fourth-order valence-corrected chi connectivity index (χ4v) is 1.98. The number of aryl methyl sites for hydroxylation is 1. The second-order valence-electron chi connectivity index (χ2n) is 4.68. The molecule has 0 aromatic heterocycles. The van der Waals surface area contributed by atoms with Crippen LogP contribution >= 0.6 is 0 Å². The van der Waals surface area contributed by atoms with Gasteiger partial charge in [-0.05, 0) is 44.4 Å². The van der Waals surface area contributed by atoms with Crippen LogP contribution in [0.5, 0.6) is 0 Å². The monoisotopic (exact) mass is 223 g/mol. The Balaban J connectivity index is 2.44. The van der Waals surface area contributed by atoms with E-state index in [0.717, 1.165) is 5.69 Å². The van der Waals surface area contributed by atoms with E-state index in [9.17, 15) is 9.50 Å². The summed E-state index contributed by atoms with van der Waals surface area (Å²) in [7, 11) is 2.01. The van der Waals surface area contributed by atoms with Crippen molar-refractivity contribution >= 4 is 5.69 Å². The van der Waals surface area contributed by atoms with Gasteiger partial charge in [-0.3, -0.25) is 0 Å². The average molecular weight is 223 g/mol. The Morgan fingerprint density at radius 3 is 2.56 bits per heavy atom. The van der Waals surface area contributed by atoms with E-state index in [1.807, 2.05) is 13.1 Å². The first kappa shape index (κ1) is 11.4. The molecule has 0 aliphatic heterocycles. The van der Waals surface area contributed by atoms with Crippen molar-refractivity contribution in [2.45, 2.75) is 38.8 Å². The molecule has 2 rings (SSSR count). The molecule has 3 heteroatoms. The van der Waals surface area contributed by atoms with Gasteiger partial charge in [0, 0.05) is 24.3 Å². The SMILES string of the molecule is Cc1cc(N(C)C2CC2)c([C@H](C)O)cc1F. The van der Waals surface area contributed by atoms with Crippen LogP contribution in [0.4, 0.5) is 10.1 Å². The summed E-state index contributed by atoms with van der Waals surface area (Å²) in [6.45, 7) is 3.43. The van der Waals surface area contributed by atoms with E-state index in [-0.39, 0.29) is 5.82 Å². The molecule has 0 bridgehead atoms. The van der Waals surface area contributed by atoms with Crippen LogP contribution in [0.2, 0.25) is 0 Å². The van der Waals surface area contributed by atoms with Gasteiger partial charge in [-0.25, -0.2) is 4.39 Å². The Morgan fingerprint density at radius 2 is 2.06 bits per heavy atom. The van der Waals surface area contributed by atoms with Gasteiger partial charge >= 0.3 is 0 Å². The number of aliphatic hydroxyl groups is 1. The van der Waals surface area contributed by atoms with Gasteiger partial charge in [-0.15, -0.1) is 0 Å². The highest BCUT2D eigenvalue weighted by Gasteiger charge is 2.28. The van der Waals surface area contributed by atoms with Gasteiger partial charge in [0.1, 0.15) is 5.82 Å².